The summed E-state index contributed by atoms with van der Waals surface area (Å²) in [4.78, 5) is 0. The molecule has 5 aromatic carbocycles. The summed E-state index contributed by atoms with van der Waals surface area (Å²) >= 11 is 0. The molecule has 0 aromatic heterocycles. The summed E-state index contributed by atoms with van der Waals surface area (Å²) in [7, 11) is 0. The van der Waals surface area contributed by atoms with Crippen molar-refractivity contribution in [3.8, 4) is 22.3 Å². The van der Waals surface area contributed by atoms with Crippen molar-refractivity contribution in [3.05, 3.63) is 155 Å². The van der Waals surface area contributed by atoms with E-state index in [0.717, 1.165) is 6.42 Å². The molecule has 0 N–H and O–H groups in total. The Labute approximate surface area is 241 Å². The van der Waals surface area contributed by atoms with Crippen molar-refractivity contribution < 1.29 is 0 Å². The van der Waals surface area contributed by atoms with Crippen molar-refractivity contribution in [3.63, 3.8) is 0 Å². The second-order valence-corrected chi connectivity index (χ2v) is 11.3. The zero-order valence-electron chi connectivity index (χ0n) is 24.9. The van der Waals surface area contributed by atoms with Crippen molar-refractivity contribution in [2.24, 2.45) is 5.92 Å². The molecule has 0 heterocycles. The molecule has 0 heteroatoms. The third-order valence-corrected chi connectivity index (χ3v) is 8.41. The third-order valence-electron chi connectivity index (χ3n) is 8.41. The van der Waals surface area contributed by atoms with Crippen LogP contribution >= 0.6 is 0 Å². The van der Waals surface area contributed by atoms with E-state index in [1.165, 1.54) is 55.6 Å². The summed E-state index contributed by atoms with van der Waals surface area (Å²) in [6, 6.07) is 45.2. The van der Waals surface area contributed by atoms with Crippen LogP contribution in [0.3, 0.4) is 0 Å². The van der Waals surface area contributed by atoms with Gasteiger partial charge in [0.2, 0.25) is 0 Å². The van der Waals surface area contributed by atoms with Gasteiger partial charge in [0.15, 0.2) is 0 Å². The van der Waals surface area contributed by atoms with Gasteiger partial charge in [-0.3, -0.25) is 0 Å². The average Bonchev–Trinajstić information content (AvgIpc) is 3.30. The fourth-order valence-electron chi connectivity index (χ4n) is 7.02. The summed E-state index contributed by atoms with van der Waals surface area (Å²) in [6.45, 7) is 13.4. The molecule has 0 radical (unpaired) electrons. The van der Waals surface area contributed by atoms with E-state index in [1.807, 2.05) is 13.8 Å². The van der Waals surface area contributed by atoms with Gasteiger partial charge in [0.25, 0.3) is 0 Å². The highest BCUT2D eigenvalue weighted by molar-refractivity contribution is 5.91. The Kier molecular flexibility index (Phi) is 8.08. The molecule has 0 fully saturated rings. The predicted molar refractivity (Wildman–Crippen MR) is 173 cm³/mol. The molecule has 6 rings (SSSR count). The van der Waals surface area contributed by atoms with E-state index in [9.17, 15) is 0 Å². The van der Waals surface area contributed by atoms with Crippen molar-refractivity contribution >= 4 is 0 Å². The minimum absolute atomic E-state index is 0.381. The lowest BCUT2D eigenvalue weighted by molar-refractivity contribution is 0.519. The first-order valence-electron chi connectivity index (χ1n) is 15.0. The van der Waals surface area contributed by atoms with Gasteiger partial charge in [0, 0.05) is 0 Å². The Morgan fingerprint density at radius 3 is 1.60 bits per heavy atom. The number of hydrogen-bond acceptors (Lipinski definition) is 0. The van der Waals surface area contributed by atoms with E-state index in [4.69, 9.17) is 0 Å². The Morgan fingerprint density at radius 1 is 0.525 bits per heavy atom. The van der Waals surface area contributed by atoms with E-state index in [-0.39, 0.29) is 5.41 Å². The minimum Gasteiger partial charge on any atom is -0.0683 e. The maximum Gasteiger partial charge on any atom is 0.0716 e. The number of fused-ring (bicyclic) bond motifs is 3. The maximum atomic E-state index is 2.45. The third kappa shape index (κ3) is 4.50. The molecule has 1 aliphatic rings. The molecule has 1 aliphatic carbocycles. The van der Waals surface area contributed by atoms with Crippen LogP contribution in [0.2, 0.25) is 0 Å². The highest BCUT2D eigenvalue weighted by Crippen LogP contribution is 2.59. The second-order valence-electron chi connectivity index (χ2n) is 11.3. The van der Waals surface area contributed by atoms with Crippen LogP contribution in [-0.4, -0.2) is 0 Å². The van der Waals surface area contributed by atoms with Gasteiger partial charge < -0.3 is 0 Å². The lowest BCUT2D eigenvalue weighted by atomic mass is 9.64. The van der Waals surface area contributed by atoms with Crippen molar-refractivity contribution in [2.75, 3.05) is 0 Å². The molecular weight excluding hydrogens is 480 g/mol. The maximum absolute atomic E-state index is 2.45. The van der Waals surface area contributed by atoms with Gasteiger partial charge in [-0.15, -0.1) is 0 Å². The first kappa shape index (κ1) is 27.7. The van der Waals surface area contributed by atoms with Gasteiger partial charge in [-0.2, -0.15) is 0 Å². The van der Waals surface area contributed by atoms with Crippen molar-refractivity contribution in [2.45, 2.75) is 59.3 Å². The summed E-state index contributed by atoms with van der Waals surface area (Å²) in [5.41, 5.74) is 13.4. The molecule has 5 aromatic rings. The van der Waals surface area contributed by atoms with Crippen LogP contribution in [0.1, 0.15) is 80.3 Å². The smallest absolute Gasteiger partial charge is 0.0683 e. The van der Waals surface area contributed by atoms with Crippen LogP contribution < -0.4 is 0 Å². The van der Waals surface area contributed by atoms with Crippen LogP contribution in [0.5, 0.6) is 0 Å². The van der Waals surface area contributed by atoms with Crippen LogP contribution in [0.25, 0.3) is 22.3 Å². The van der Waals surface area contributed by atoms with Crippen LogP contribution in [0.4, 0.5) is 0 Å². The lowest BCUT2D eigenvalue weighted by Gasteiger charge is -2.37. The summed E-state index contributed by atoms with van der Waals surface area (Å²) in [5, 5.41) is 0. The summed E-state index contributed by atoms with van der Waals surface area (Å²) in [5.74, 6) is 1.01. The van der Waals surface area contributed by atoms with Gasteiger partial charge in [0.05, 0.1) is 5.41 Å². The predicted octanol–water partition coefficient (Wildman–Crippen LogP) is 11.2. The molecule has 0 saturated heterocycles. The standard InChI is InChI=1S/C38H36.C2H6/c1-26(2)25-28(4)36-33(31-20-12-11-15-27(31)3)23-24-34-32-21-13-14-22-35(32)38(37(34)36,29-16-7-5-8-17-29)30-18-9-6-10-19-30;1-2/h5-24,26,28H,25H2,1-4H3;1-2H3. The molecule has 0 nitrogen and oxygen atoms in total. The topological polar surface area (TPSA) is 0 Å². The number of benzene rings is 5. The molecule has 202 valence electrons. The van der Waals surface area contributed by atoms with E-state index >= 15 is 0 Å². The Balaban J connectivity index is 0.00000158. The fourth-order valence-corrected chi connectivity index (χ4v) is 7.02. The first-order valence-corrected chi connectivity index (χ1v) is 15.0. The molecule has 0 spiro atoms. The van der Waals surface area contributed by atoms with Gasteiger partial charge >= 0.3 is 0 Å². The van der Waals surface area contributed by atoms with Crippen LogP contribution in [0.15, 0.2) is 121 Å². The second kappa shape index (κ2) is 11.7. The Morgan fingerprint density at radius 2 is 1.02 bits per heavy atom. The monoisotopic (exact) mass is 522 g/mol. The van der Waals surface area contributed by atoms with E-state index in [2.05, 4.69) is 149 Å². The van der Waals surface area contributed by atoms with Crippen LogP contribution in [0, 0.1) is 12.8 Å². The number of hydrogen-bond donors (Lipinski definition) is 0. The molecular formula is C40H42. The zero-order valence-corrected chi connectivity index (χ0v) is 24.9. The van der Waals surface area contributed by atoms with Crippen molar-refractivity contribution in [1.29, 1.82) is 0 Å². The van der Waals surface area contributed by atoms with E-state index in [1.54, 1.807) is 0 Å². The minimum atomic E-state index is -0.381. The first-order chi connectivity index (χ1) is 19.5. The highest BCUT2D eigenvalue weighted by Gasteiger charge is 2.48. The number of aryl methyl sites for hydroxylation is 1. The zero-order chi connectivity index (χ0) is 28.3. The van der Waals surface area contributed by atoms with Gasteiger partial charge in [-0.1, -0.05) is 156 Å². The van der Waals surface area contributed by atoms with Gasteiger partial charge in [-0.05, 0) is 80.8 Å². The molecule has 40 heavy (non-hydrogen) atoms. The van der Waals surface area contributed by atoms with E-state index in [0.29, 0.717) is 11.8 Å². The molecule has 0 bridgehead atoms. The molecule has 1 unspecified atom stereocenters. The SMILES string of the molecule is CC.Cc1ccccc1-c1ccc2c(c1C(C)CC(C)C)C(c1ccccc1)(c1ccccc1)c1ccccc1-2. The van der Waals surface area contributed by atoms with E-state index < -0.39 is 0 Å². The summed E-state index contributed by atoms with van der Waals surface area (Å²) < 4.78 is 0. The molecule has 1 atom stereocenters. The Hall–Kier alpha value is -3.90. The average molecular weight is 523 g/mol. The highest BCUT2D eigenvalue weighted by atomic mass is 14.5. The molecule has 0 saturated carbocycles. The normalized spacial score (nSPS) is 13.7. The fraction of sp³-hybridized carbons (Fsp3) is 0.250. The quantitative estimate of drug-likeness (QED) is 0.204. The molecule has 0 aliphatic heterocycles. The van der Waals surface area contributed by atoms with Crippen molar-refractivity contribution in [1.82, 2.24) is 0 Å². The molecule has 0 amide bonds. The van der Waals surface area contributed by atoms with Crippen LogP contribution in [-0.2, 0) is 5.41 Å². The summed E-state index contributed by atoms with van der Waals surface area (Å²) in [6.07, 6.45) is 1.14. The van der Waals surface area contributed by atoms with Gasteiger partial charge in [-0.25, -0.2) is 0 Å². The Bertz CT molecular complexity index is 1530. The largest absolute Gasteiger partial charge is 0.0716 e. The van der Waals surface area contributed by atoms with Gasteiger partial charge in [0.1, 0.15) is 0 Å². The number of rotatable bonds is 6. The lowest BCUT2D eigenvalue weighted by Crippen LogP contribution is -2.30.